The van der Waals surface area contributed by atoms with Crippen molar-refractivity contribution in [2.75, 3.05) is 0 Å². The van der Waals surface area contributed by atoms with Crippen molar-refractivity contribution >= 4 is 17.8 Å². The molecule has 0 heterocycles. The molecule has 0 bridgehead atoms. The Kier molecular flexibility index (Phi) is 6.26. The second-order valence-electron chi connectivity index (χ2n) is 5.40. The van der Waals surface area contributed by atoms with Gasteiger partial charge in [0.1, 0.15) is 24.2 Å². The Hall–Kier alpha value is -3.42. The molecule has 0 aromatic heterocycles. The lowest BCUT2D eigenvalue weighted by atomic mass is 10.1. The second kappa shape index (κ2) is 8.61. The van der Waals surface area contributed by atoms with E-state index < -0.39 is 23.9 Å². The summed E-state index contributed by atoms with van der Waals surface area (Å²) in [6, 6.07) is 11.2. The van der Waals surface area contributed by atoms with Crippen LogP contribution in [0.25, 0.3) is 0 Å². The molecule has 0 aliphatic rings. The fraction of sp³-hybridized carbons (Fsp3) is 0.167. The molecule has 1 atom stereocenters. The molecule has 0 fully saturated rings. The molecule has 0 saturated heterocycles. The SMILES string of the molecule is O=C(O)C(=O)N[C@H](Cc1ccc(OCc2ccccc2F)cc1)C(=O)O. The highest BCUT2D eigenvalue weighted by Crippen LogP contribution is 2.16. The van der Waals surface area contributed by atoms with Crippen LogP contribution in [0.2, 0.25) is 0 Å². The van der Waals surface area contributed by atoms with E-state index in [1.165, 1.54) is 6.07 Å². The second-order valence-corrected chi connectivity index (χ2v) is 5.40. The van der Waals surface area contributed by atoms with Gasteiger partial charge in [-0.1, -0.05) is 30.3 Å². The molecule has 8 heteroatoms. The van der Waals surface area contributed by atoms with Gasteiger partial charge in [-0.3, -0.25) is 4.79 Å². The van der Waals surface area contributed by atoms with Crippen LogP contribution >= 0.6 is 0 Å². The Balaban J connectivity index is 1.97. The lowest BCUT2D eigenvalue weighted by Gasteiger charge is -2.13. The maximum absolute atomic E-state index is 13.5. The van der Waals surface area contributed by atoms with Gasteiger partial charge in [-0.25, -0.2) is 14.0 Å². The highest BCUT2D eigenvalue weighted by Gasteiger charge is 2.23. The Labute approximate surface area is 148 Å². The molecule has 2 aromatic rings. The number of amides is 1. The van der Waals surface area contributed by atoms with Gasteiger partial charge in [0.05, 0.1) is 0 Å². The number of benzene rings is 2. The third-order valence-electron chi connectivity index (χ3n) is 3.51. The van der Waals surface area contributed by atoms with Crippen LogP contribution in [0.3, 0.4) is 0 Å². The Morgan fingerprint density at radius 1 is 1.04 bits per heavy atom. The largest absolute Gasteiger partial charge is 0.489 e. The van der Waals surface area contributed by atoms with E-state index in [9.17, 15) is 18.8 Å². The van der Waals surface area contributed by atoms with E-state index >= 15 is 0 Å². The topological polar surface area (TPSA) is 113 Å². The molecule has 2 rings (SSSR count). The summed E-state index contributed by atoms with van der Waals surface area (Å²) in [5.41, 5.74) is 0.959. The predicted octanol–water partition coefficient (Wildman–Crippen LogP) is 1.60. The zero-order valence-electron chi connectivity index (χ0n) is 13.5. The number of carbonyl (C=O) groups is 3. The Bertz CT molecular complexity index is 806. The minimum atomic E-state index is -1.76. The van der Waals surface area contributed by atoms with Crippen molar-refractivity contribution in [2.24, 2.45) is 0 Å². The van der Waals surface area contributed by atoms with Gasteiger partial charge >= 0.3 is 17.8 Å². The monoisotopic (exact) mass is 361 g/mol. The van der Waals surface area contributed by atoms with Gasteiger partial charge in [-0.2, -0.15) is 0 Å². The summed E-state index contributed by atoms with van der Waals surface area (Å²) in [6.07, 6.45) is -0.0953. The normalized spacial score (nSPS) is 11.4. The number of hydrogen-bond donors (Lipinski definition) is 3. The summed E-state index contributed by atoms with van der Waals surface area (Å²) in [7, 11) is 0. The Morgan fingerprint density at radius 3 is 2.27 bits per heavy atom. The third kappa shape index (κ3) is 5.30. The molecule has 3 N–H and O–H groups in total. The minimum absolute atomic E-state index is 0.0401. The van der Waals surface area contributed by atoms with Crippen molar-refractivity contribution in [3.05, 3.63) is 65.5 Å². The van der Waals surface area contributed by atoms with Gasteiger partial charge < -0.3 is 20.3 Å². The van der Waals surface area contributed by atoms with Crippen LogP contribution in [0.5, 0.6) is 5.75 Å². The van der Waals surface area contributed by atoms with Crippen molar-refractivity contribution in [1.29, 1.82) is 0 Å². The standard InChI is InChI=1S/C18H16FNO6/c19-14-4-2-1-3-12(14)10-26-13-7-5-11(6-8-13)9-15(17(22)23)20-16(21)18(24)25/h1-8,15H,9-10H2,(H,20,21)(H,22,23)(H,24,25)/t15-/m1/s1. The number of hydrogen-bond acceptors (Lipinski definition) is 4. The smallest absolute Gasteiger partial charge is 0.394 e. The summed E-state index contributed by atoms with van der Waals surface area (Å²) in [4.78, 5) is 32.8. The van der Waals surface area contributed by atoms with Crippen molar-refractivity contribution < 1.29 is 33.7 Å². The lowest BCUT2D eigenvalue weighted by molar-refractivity contribution is -0.152. The summed E-state index contributed by atoms with van der Waals surface area (Å²) < 4.78 is 19.0. The average Bonchev–Trinajstić information content (AvgIpc) is 2.61. The third-order valence-corrected chi connectivity index (χ3v) is 3.51. The number of carboxylic acid groups (broad SMARTS) is 2. The van der Waals surface area contributed by atoms with E-state index in [0.29, 0.717) is 16.9 Å². The fourth-order valence-electron chi connectivity index (χ4n) is 2.15. The zero-order chi connectivity index (χ0) is 19.1. The van der Waals surface area contributed by atoms with Crippen molar-refractivity contribution in [3.63, 3.8) is 0 Å². The van der Waals surface area contributed by atoms with E-state index in [1.54, 1.807) is 42.5 Å². The molecule has 7 nitrogen and oxygen atoms in total. The maximum Gasteiger partial charge on any atom is 0.394 e. The number of rotatable bonds is 7. The van der Waals surface area contributed by atoms with Gasteiger partial charge in [-0.05, 0) is 23.8 Å². The molecule has 0 unspecified atom stereocenters. The Morgan fingerprint density at radius 2 is 1.69 bits per heavy atom. The summed E-state index contributed by atoms with van der Waals surface area (Å²) in [6.45, 7) is 0.0401. The molecule has 0 saturated carbocycles. The first-order chi connectivity index (χ1) is 12.4. The molecule has 0 radical (unpaired) electrons. The van der Waals surface area contributed by atoms with E-state index in [4.69, 9.17) is 14.9 Å². The van der Waals surface area contributed by atoms with Crippen LogP contribution in [0.1, 0.15) is 11.1 Å². The number of halogens is 1. The van der Waals surface area contributed by atoms with Crippen LogP contribution in [0.15, 0.2) is 48.5 Å². The van der Waals surface area contributed by atoms with Gasteiger partial charge in [0.15, 0.2) is 0 Å². The summed E-state index contributed by atoms with van der Waals surface area (Å²) in [5.74, 6) is -4.41. The molecule has 0 aliphatic heterocycles. The molecular formula is C18H16FNO6. The maximum atomic E-state index is 13.5. The molecule has 26 heavy (non-hydrogen) atoms. The minimum Gasteiger partial charge on any atom is -0.489 e. The molecule has 0 aliphatic carbocycles. The summed E-state index contributed by atoms with van der Waals surface area (Å²) >= 11 is 0. The quantitative estimate of drug-likeness (QED) is 0.646. The number of nitrogens with one attached hydrogen (secondary N) is 1. The van der Waals surface area contributed by atoms with E-state index in [1.807, 2.05) is 5.32 Å². The highest BCUT2D eigenvalue weighted by molar-refractivity contribution is 6.31. The highest BCUT2D eigenvalue weighted by atomic mass is 19.1. The van der Waals surface area contributed by atoms with Crippen LogP contribution in [0.4, 0.5) is 4.39 Å². The van der Waals surface area contributed by atoms with Gasteiger partial charge in [0, 0.05) is 12.0 Å². The fourth-order valence-corrected chi connectivity index (χ4v) is 2.15. The lowest BCUT2D eigenvalue weighted by Crippen LogP contribution is -2.45. The van der Waals surface area contributed by atoms with Crippen molar-refractivity contribution in [2.45, 2.75) is 19.1 Å². The van der Waals surface area contributed by atoms with Gasteiger partial charge in [0.25, 0.3) is 0 Å². The number of carboxylic acids is 2. The molecule has 1 amide bonds. The molecule has 136 valence electrons. The van der Waals surface area contributed by atoms with Crippen molar-refractivity contribution in [3.8, 4) is 5.75 Å². The number of ether oxygens (including phenoxy) is 1. The van der Waals surface area contributed by atoms with Crippen molar-refractivity contribution in [1.82, 2.24) is 5.32 Å². The first-order valence-corrected chi connectivity index (χ1v) is 7.58. The first kappa shape index (κ1) is 18.9. The van der Waals surface area contributed by atoms with Crippen LogP contribution < -0.4 is 10.1 Å². The van der Waals surface area contributed by atoms with Gasteiger partial charge in [-0.15, -0.1) is 0 Å². The number of aliphatic carboxylic acids is 2. The number of carbonyl (C=O) groups excluding carboxylic acids is 1. The molecule has 2 aromatic carbocycles. The van der Waals surface area contributed by atoms with Crippen LogP contribution in [0, 0.1) is 5.82 Å². The predicted molar refractivity (Wildman–Crippen MR) is 88.1 cm³/mol. The first-order valence-electron chi connectivity index (χ1n) is 7.58. The van der Waals surface area contributed by atoms with E-state index in [2.05, 4.69) is 0 Å². The van der Waals surface area contributed by atoms with Gasteiger partial charge in [0.2, 0.25) is 0 Å². The van der Waals surface area contributed by atoms with Crippen LogP contribution in [-0.2, 0) is 27.4 Å². The van der Waals surface area contributed by atoms with Crippen LogP contribution in [-0.4, -0.2) is 34.1 Å². The van der Waals surface area contributed by atoms with E-state index in [0.717, 1.165) is 0 Å². The molecular weight excluding hydrogens is 345 g/mol. The molecule has 0 spiro atoms. The zero-order valence-corrected chi connectivity index (χ0v) is 13.5. The van der Waals surface area contributed by atoms with E-state index in [-0.39, 0.29) is 18.8 Å². The average molecular weight is 361 g/mol. The summed E-state index contributed by atoms with van der Waals surface area (Å²) in [5, 5.41) is 19.5.